The van der Waals surface area contributed by atoms with Gasteiger partial charge < -0.3 is 20.3 Å². The van der Waals surface area contributed by atoms with E-state index in [-0.39, 0.29) is 42.5 Å². The molecule has 0 aromatic rings. The van der Waals surface area contributed by atoms with E-state index in [2.05, 4.69) is 25.4 Å². The Bertz CT molecular complexity index is 495. The first-order chi connectivity index (χ1) is 11.7. The summed E-state index contributed by atoms with van der Waals surface area (Å²) < 4.78 is 5.42. The number of likely N-dealkylation sites (tertiary alicyclic amines) is 1. The number of halogens is 1. The maximum atomic E-state index is 11.6. The zero-order chi connectivity index (χ0) is 16.9. The number of urea groups is 1. The van der Waals surface area contributed by atoms with Crippen molar-refractivity contribution in [1.29, 1.82) is 0 Å². The van der Waals surface area contributed by atoms with Crippen LogP contribution in [0.5, 0.6) is 0 Å². The lowest BCUT2D eigenvalue weighted by Gasteiger charge is -2.32. The molecule has 0 spiro atoms. The van der Waals surface area contributed by atoms with Crippen molar-refractivity contribution in [2.75, 3.05) is 66.1 Å². The molecule has 3 saturated heterocycles. The number of carbonyl (C=O) groups is 2. The molecule has 0 radical (unpaired) electrons. The van der Waals surface area contributed by atoms with Crippen LogP contribution in [0.15, 0.2) is 4.99 Å². The average molecular weight is 466 g/mol. The van der Waals surface area contributed by atoms with Gasteiger partial charge in [-0.2, -0.15) is 0 Å². The molecule has 3 heterocycles. The molecule has 3 aliphatic heterocycles. The van der Waals surface area contributed by atoms with E-state index in [0.29, 0.717) is 19.1 Å². The molecule has 0 aromatic carbocycles. The molecule has 1 unspecified atom stereocenters. The second-order valence-corrected chi connectivity index (χ2v) is 6.21. The first kappa shape index (κ1) is 20.2. The number of aliphatic imine (C=N–C) groups is 1. The zero-order valence-electron chi connectivity index (χ0n) is 14.6. The van der Waals surface area contributed by atoms with Gasteiger partial charge in [0.15, 0.2) is 5.96 Å². The lowest BCUT2D eigenvalue weighted by atomic mass is 10.2. The third kappa shape index (κ3) is 4.94. The van der Waals surface area contributed by atoms with Crippen molar-refractivity contribution in [3.05, 3.63) is 0 Å². The molecule has 3 amide bonds. The van der Waals surface area contributed by atoms with Gasteiger partial charge in [-0.1, -0.05) is 0 Å². The first-order valence-corrected chi connectivity index (χ1v) is 8.54. The van der Waals surface area contributed by atoms with E-state index in [1.165, 1.54) is 4.90 Å². The number of ether oxygens (including phenoxy) is 1. The van der Waals surface area contributed by atoms with Crippen molar-refractivity contribution in [2.45, 2.75) is 12.5 Å². The van der Waals surface area contributed by atoms with Crippen LogP contribution in [0.3, 0.4) is 0 Å². The molecule has 25 heavy (non-hydrogen) atoms. The quantitative estimate of drug-likeness (QED) is 0.243. The van der Waals surface area contributed by atoms with Gasteiger partial charge in [0.2, 0.25) is 5.91 Å². The van der Waals surface area contributed by atoms with Crippen LogP contribution < -0.4 is 10.6 Å². The second kappa shape index (κ2) is 9.53. The van der Waals surface area contributed by atoms with Gasteiger partial charge in [0.1, 0.15) is 0 Å². The molecule has 142 valence electrons. The molecule has 9 nitrogen and oxygen atoms in total. The Kier molecular flexibility index (Phi) is 7.69. The lowest BCUT2D eigenvalue weighted by Crippen LogP contribution is -2.47. The van der Waals surface area contributed by atoms with Crippen LogP contribution in [-0.2, 0) is 9.53 Å². The second-order valence-electron chi connectivity index (χ2n) is 6.21. The normalized spacial score (nSPS) is 25.2. The molecule has 3 aliphatic rings. The van der Waals surface area contributed by atoms with Crippen molar-refractivity contribution in [3.8, 4) is 0 Å². The van der Waals surface area contributed by atoms with Crippen LogP contribution in [0.4, 0.5) is 4.79 Å². The summed E-state index contributed by atoms with van der Waals surface area (Å²) in [6.07, 6.45) is 1.12. The highest BCUT2D eigenvalue weighted by molar-refractivity contribution is 14.0. The Morgan fingerprint density at radius 2 is 2.08 bits per heavy atom. The van der Waals surface area contributed by atoms with Crippen LogP contribution in [0, 0.1) is 0 Å². The number of nitrogens with one attached hydrogen (secondary N) is 2. The van der Waals surface area contributed by atoms with Gasteiger partial charge in [-0.05, 0) is 6.42 Å². The fourth-order valence-corrected chi connectivity index (χ4v) is 3.47. The topological polar surface area (TPSA) is 89.5 Å². The fourth-order valence-electron chi connectivity index (χ4n) is 3.47. The van der Waals surface area contributed by atoms with Crippen molar-refractivity contribution >= 4 is 41.9 Å². The monoisotopic (exact) mass is 466 g/mol. The molecule has 3 rings (SSSR count). The van der Waals surface area contributed by atoms with E-state index >= 15 is 0 Å². The van der Waals surface area contributed by atoms with E-state index in [1.54, 1.807) is 7.05 Å². The minimum atomic E-state index is -0.314. The molecular weight excluding hydrogens is 439 g/mol. The minimum absolute atomic E-state index is 0. The van der Waals surface area contributed by atoms with Gasteiger partial charge in [-0.25, -0.2) is 4.79 Å². The van der Waals surface area contributed by atoms with E-state index < -0.39 is 0 Å². The molecule has 0 saturated carbocycles. The largest absolute Gasteiger partial charge is 0.379 e. The van der Waals surface area contributed by atoms with Crippen molar-refractivity contribution in [3.63, 3.8) is 0 Å². The Hall–Kier alpha value is -1.14. The van der Waals surface area contributed by atoms with Crippen LogP contribution in [0.25, 0.3) is 0 Å². The molecule has 0 aromatic heterocycles. The molecule has 3 fully saturated rings. The third-order valence-electron chi connectivity index (χ3n) is 4.79. The van der Waals surface area contributed by atoms with Crippen molar-refractivity contribution < 1.29 is 14.3 Å². The number of morpholine rings is 1. The average Bonchev–Trinajstić information content (AvgIpc) is 3.21. The number of imide groups is 1. The Morgan fingerprint density at radius 3 is 2.72 bits per heavy atom. The molecule has 0 aliphatic carbocycles. The summed E-state index contributed by atoms with van der Waals surface area (Å²) in [6.45, 7) is 6.49. The van der Waals surface area contributed by atoms with Gasteiger partial charge in [-0.3, -0.25) is 19.6 Å². The van der Waals surface area contributed by atoms with Crippen molar-refractivity contribution in [1.82, 2.24) is 25.3 Å². The van der Waals surface area contributed by atoms with E-state index in [0.717, 1.165) is 51.8 Å². The predicted octanol–water partition coefficient (Wildman–Crippen LogP) is -0.862. The minimum Gasteiger partial charge on any atom is -0.379 e. The zero-order valence-corrected chi connectivity index (χ0v) is 16.9. The Balaban J connectivity index is 0.00000225. The van der Waals surface area contributed by atoms with E-state index in [9.17, 15) is 9.59 Å². The number of rotatable bonds is 4. The van der Waals surface area contributed by atoms with Crippen molar-refractivity contribution in [2.24, 2.45) is 4.99 Å². The highest BCUT2D eigenvalue weighted by atomic mass is 127. The molecule has 0 bridgehead atoms. The maximum absolute atomic E-state index is 11.6. The fraction of sp³-hybridized carbons (Fsp3) is 0.800. The highest BCUT2D eigenvalue weighted by Gasteiger charge is 2.31. The summed E-state index contributed by atoms with van der Waals surface area (Å²) in [7, 11) is 1.76. The summed E-state index contributed by atoms with van der Waals surface area (Å²) in [5, 5.41) is 5.78. The van der Waals surface area contributed by atoms with Crippen LogP contribution in [0.1, 0.15) is 6.42 Å². The number of amides is 3. The van der Waals surface area contributed by atoms with Gasteiger partial charge in [0, 0.05) is 52.4 Å². The first-order valence-electron chi connectivity index (χ1n) is 8.54. The van der Waals surface area contributed by atoms with Gasteiger partial charge in [0.05, 0.1) is 19.8 Å². The van der Waals surface area contributed by atoms with E-state index in [1.807, 2.05) is 0 Å². The summed E-state index contributed by atoms with van der Waals surface area (Å²) in [4.78, 5) is 33.4. The maximum Gasteiger partial charge on any atom is 0.324 e. The highest BCUT2D eigenvalue weighted by Crippen LogP contribution is 2.17. The van der Waals surface area contributed by atoms with Gasteiger partial charge in [-0.15, -0.1) is 24.0 Å². The lowest BCUT2D eigenvalue weighted by molar-refractivity contribution is -0.124. The Morgan fingerprint density at radius 1 is 1.32 bits per heavy atom. The Labute approximate surface area is 165 Å². The van der Waals surface area contributed by atoms with Gasteiger partial charge in [0.25, 0.3) is 0 Å². The van der Waals surface area contributed by atoms with Gasteiger partial charge >= 0.3 is 6.03 Å². The number of hydrogen-bond donors (Lipinski definition) is 2. The van der Waals surface area contributed by atoms with Crippen LogP contribution in [-0.4, -0.2) is 105 Å². The standard InChI is InChI=1S/C15H26N6O3.HI/c1-16-14(17-3-5-21-13(22)10-18-15(21)23)20-4-2-12(11-20)19-6-8-24-9-7-19;/h12H,2-11H2,1H3,(H,16,17)(H,18,23);1H. The molecule has 10 heteroatoms. The summed E-state index contributed by atoms with van der Waals surface area (Å²) in [5.74, 6) is 0.656. The predicted molar refractivity (Wildman–Crippen MR) is 104 cm³/mol. The van der Waals surface area contributed by atoms with E-state index in [4.69, 9.17) is 4.74 Å². The molecule has 1 atom stereocenters. The molecule has 2 N–H and O–H groups in total. The number of hydrogen-bond acceptors (Lipinski definition) is 5. The smallest absolute Gasteiger partial charge is 0.324 e. The number of carbonyl (C=O) groups excluding carboxylic acids is 2. The van der Waals surface area contributed by atoms with Crippen LogP contribution >= 0.6 is 24.0 Å². The third-order valence-corrected chi connectivity index (χ3v) is 4.79. The SMILES string of the molecule is CN=C(NCCN1C(=O)CNC1=O)N1CCC(N2CCOCC2)C1.I. The summed E-state index contributed by atoms with van der Waals surface area (Å²) in [6, 6.07) is 0.226. The number of nitrogens with zero attached hydrogens (tertiary/aromatic N) is 4. The van der Waals surface area contributed by atoms with Crippen LogP contribution in [0.2, 0.25) is 0 Å². The molecular formula is C15H27IN6O3. The number of guanidine groups is 1. The summed E-state index contributed by atoms with van der Waals surface area (Å²) in [5.41, 5.74) is 0. The summed E-state index contributed by atoms with van der Waals surface area (Å²) >= 11 is 0.